The third kappa shape index (κ3) is 5.95. The van der Waals surface area contributed by atoms with Gasteiger partial charge in [0.1, 0.15) is 5.69 Å². The van der Waals surface area contributed by atoms with Gasteiger partial charge in [-0.1, -0.05) is 6.07 Å². The Kier molecular flexibility index (Phi) is 8.23. The molecule has 8 heteroatoms. The van der Waals surface area contributed by atoms with Crippen LogP contribution in [-0.2, 0) is 11.3 Å². The van der Waals surface area contributed by atoms with Crippen molar-refractivity contribution >= 4 is 11.8 Å². The van der Waals surface area contributed by atoms with Gasteiger partial charge in [0.05, 0.1) is 14.2 Å². The maximum absolute atomic E-state index is 12.4. The molecular formula is C20H25N3O5. The van der Waals surface area contributed by atoms with E-state index in [4.69, 9.17) is 14.2 Å². The van der Waals surface area contributed by atoms with Crippen molar-refractivity contribution in [1.29, 1.82) is 0 Å². The first-order chi connectivity index (χ1) is 13.6. The maximum Gasteiger partial charge on any atom is 0.269 e. The van der Waals surface area contributed by atoms with E-state index in [1.165, 1.54) is 12.3 Å². The van der Waals surface area contributed by atoms with Gasteiger partial charge in [0.25, 0.3) is 11.8 Å². The minimum absolute atomic E-state index is 0.191. The predicted molar refractivity (Wildman–Crippen MR) is 104 cm³/mol. The number of hydrogen-bond acceptors (Lipinski definition) is 6. The minimum Gasteiger partial charge on any atom is -0.493 e. The molecule has 2 aromatic rings. The van der Waals surface area contributed by atoms with Crippen molar-refractivity contribution in [3.05, 3.63) is 53.3 Å². The first kappa shape index (κ1) is 21.2. The number of carbonyl (C=O) groups is 2. The summed E-state index contributed by atoms with van der Waals surface area (Å²) in [4.78, 5) is 28.6. The van der Waals surface area contributed by atoms with Crippen molar-refractivity contribution in [2.24, 2.45) is 0 Å². The number of nitrogens with one attached hydrogen (secondary N) is 2. The number of methoxy groups -OCH3 is 3. The second kappa shape index (κ2) is 10.9. The van der Waals surface area contributed by atoms with E-state index >= 15 is 0 Å². The van der Waals surface area contributed by atoms with Gasteiger partial charge in [-0.15, -0.1) is 0 Å². The number of rotatable bonds is 10. The fourth-order valence-corrected chi connectivity index (χ4v) is 2.48. The van der Waals surface area contributed by atoms with E-state index in [2.05, 4.69) is 15.6 Å². The van der Waals surface area contributed by atoms with Crippen LogP contribution in [0.25, 0.3) is 0 Å². The van der Waals surface area contributed by atoms with Gasteiger partial charge in [0.2, 0.25) is 0 Å². The van der Waals surface area contributed by atoms with E-state index in [0.29, 0.717) is 43.2 Å². The fraction of sp³-hybridized carbons (Fsp3) is 0.350. The van der Waals surface area contributed by atoms with Gasteiger partial charge in [-0.2, -0.15) is 0 Å². The van der Waals surface area contributed by atoms with Crippen molar-refractivity contribution < 1.29 is 23.8 Å². The molecule has 0 aliphatic heterocycles. The van der Waals surface area contributed by atoms with Crippen LogP contribution in [0.1, 0.15) is 32.8 Å². The van der Waals surface area contributed by atoms with Crippen LogP contribution < -0.4 is 20.1 Å². The molecule has 0 unspecified atom stereocenters. The molecule has 0 radical (unpaired) electrons. The summed E-state index contributed by atoms with van der Waals surface area (Å²) in [6.07, 6.45) is 2.14. The van der Waals surface area contributed by atoms with Crippen LogP contribution in [0, 0.1) is 0 Å². The van der Waals surface area contributed by atoms with E-state index < -0.39 is 0 Å². The molecule has 0 atom stereocenters. The zero-order chi connectivity index (χ0) is 20.4. The maximum atomic E-state index is 12.4. The molecule has 0 saturated carbocycles. The summed E-state index contributed by atoms with van der Waals surface area (Å²) in [5.74, 6) is 0.578. The number of benzene rings is 1. The highest BCUT2D eigenvalue weighted by Crippen LogP contribution is 2.27. The Morgan fingerprint density at radius 3 is 2.46 bits per heavy atom. The summed E-state index contributed by atoms with van der Waals surface area (Å²) in [5.41, 5.74) is 1.41. The van der Waals surface area contributed by atoms with Crippen molar-refractivity contribution in [2.45, 2.75) is 13.0 Å². The molecular weight excluding hydrogens is 362 g/mol. The molecule has 0 saturated heterocycles. The third-order valence-electron chi connectivity index (χ3n) is 3.97. The van der Waals surface area contributed by atoms with Gasteiger partial charge in [-0.3, -0.25) is 14.6 Å². The highest BCUT2D eigenvalue weighted by molar-refractivity contribution is 5.98. The lowest BCUT2D eigenvalue weighted by atomic mass is 10.1. The number of pyridine rings is 1. The molecule has 1 aromatic heterocycles. The van der Waals surface area contributed by atoms with Crippen LogP contribution in [0.3, 0.4) is 0 Å². The van der Waals surface area contributed by atoms with Crippen LogP contribution in [0.15, 0.2) is 36.5 Å². The molecule has 150 valence electrons. The molecule has 0 aliphatic carbocycles. The first-order valence-corrected chi connectivity index (χ1v) is 8.81. The highest BCUT2D eigenvalue weighted by atomic mass is 16.5. The molecule has 2 rings (SSSR count). The Labute approximate surface area is 164 Å². The first-order valence-electron chi connectivity index (χ1n) is 8.81. The molecule has 2 amide bonds. The number of carbonyl (C=O) groups excluding carboxylic acids is 2. The lowest BCUT2D eigenvalue weighted by Gasteiger charge is -2.11. The monoisotopic (exact) mass is 387 g/mol. The number of amides is 2. The zero-order valence-corrected chi connectivity index (χ0v) is 16.3. The summed E-state index contributed by atoms with van der Waals surface area (Å²) < 4.78 is 15.4. The van der Waals surface area contributed by atoms with E-state index in [-0.39, 0.29) is 17.5 Å². The van der Waals surface area contributed by atoms with Crippen molar-refractivity contribution in [1.82, 2.24) is 15.6 Å². The Morgan fingerprint density at radius 2 is 1.75 bits per heavy atom. The minimum atomic E-state index is -0.328. The average molecular weight is 387 g/mol. The normalized spacial score (nSPS) is 10.2. The Hall–Kier alpha value is -3.13. The summed E-state index contributed by atoms with van der Waals surface area (Å²) in [6, 6.07) is 8.44. The van der Waals surface area contributed by atoms with E-state index in [9.17, 15) is 9.59 Å². The van der Waals surface area contributed by atoms with Gasteiger partial charge in [-0.25, -0.2) is 0 Å². The van der Waals surface area contributed by atoms with E-state index in [1.54, 1.807) is 39.5 Å². The van der Waals surface area contributed by atoms with Gasteiger partial charge in [-0.05, 0) is 36.2 Å². The van der Waals surface area contributed by atoms with Crippen LogP contribution in [-0.4, -0.2) is 51.3 Å². The van der Waals surface area contributed by atoms with Crippen LogP contribution in [0.4, 0.5) is 0 Å². The number of nitrogens with zero attached hydrogens (tertiary/aromatic N) is 1. The molecule has 0 aliphatic rings. The lowest BCUT2D eigenvalue weighted by molar-refractivity contribution is 0.0943. The van der Waals surface area contributed by atoms with Crippen molar-refractivity contribution in [3.63, 3.8) is 0 Å². The Balaban J connectivity index is 1.96. The van der Waals surface area contributed by atoms with Gasteiger partial charge in [0, 0.05) is 38.6 Å². The molecule has 28 heavy (non-hydrogen) atoms. The second-order valence-corrected chi connectivity index (χ2v) is 5.90. The average Bonchev–Trinajstić information content (AvgIpc) is 2.74. The fourth-order valence-electron chi connectivity index (χ4n) is 2.48. The van der Waals surface area contributed by atoms with Gasteiger partial charge >= 0.3 is 0 Å². The largest absolute Gasteiger partial charge is 0.493 e. The third-order valence-corrected chi connectivity index (χ3v) is 3.97. The van der Waals surface area contributed by atoms with Crippen LogP contribution in [0.5, 0.6) is 11.5 Å². The Morgan fingerprint density at radius 1 is 0.964 bits per heavy atom. The van der Waals surface area contributed by atoms with E-state index in [1.807, 2.05) is 6.07 Å². The zero-order valence-electron chi connectivity index (χ0n) is 16.3. The second-order valence-electron chi connectivity index (χ2n) is 5.90. The summed E-state index contributed by atoms with van der Waals surface area (Å²) >= 11 is 0. The summed E-state index contributed by atoms with van der Waals surface area (Å²) in [6.45, 7) is 1.34. The van der Waals surface area contributed by atoms with Crippen molar-refractivity contribution in [3.8, 4) is 11.5 Å². The highest BCUT2D eigenvalue weighted by Gasteiger charge is 2.12. The summed E-state index contributed by atoms with van der Waals surface area (Å²) in [7, 11) is 4.72. The summed E-state index contributed by atoms with van der Waals surface area (Å²) in [5, 5.41) is 5.56. The Bertz CT molecular complexity index is 810. The standard InChI is InChI=1S/C20H25N3O5/c1-26-10-4-8-22-20(25)16-12-15(7-9-21-16)19(24)23-13-14-5-6-17(27-2)18(11-14)28-3/h5-7,9,11-12H,4,8,10,13H2,1-3H3,(H,22,25)(H,23,24). The molecule has 2 N–H and O–H groups in total. The predicted octanol–water partition coefficient (Wildman–Crippen LogP) is 1.80. The van der Waals surface area contributed by atoms with Crippen LogP contribution in [0.2, 0.25) is 0 Å². The topological polar surface area (TPSA) is 98.8 Å². The van der Waals surface area contributed by atoms with Gasteiger partial charge < -0.3 is 24.8 Å². The smallest absolute Gasteiger partial charge is 0.269 e. The van der Waals surface area contributed by atoms with Crippen molar-refractivity contribution in [2.75, 3.05) is 34.5 Å². The SMILES string of the molecule is COCCCNC(=O)c1cc(C(=O)NCc2ccc(OC)c(OC)c2)ccn1. The number of aromatic nitrogens is 1. The van der Waals surface area contributed by atoms with Crippen LogP contribution >= 0.6 is 0 Å². The molecule has 1 aromatic carbocycles. The molecule has 0 bridgehead atoms. The quantitative estimate of drug-likeness (QED) is 0.603. The molecule has 0 spiro atoms. The molecule has 0 fully saturated rings. The number of hydrogen-bond donors (Lipinski definition) is 2. The molecule has 1 heterocycles. The van der Waals surface area contributed by atoms with E-state index in [0.717, 1.165) is 5.56 Å². The lowest BCUT2D eigenvalue weighted by Crippen LogP contribution is -2.27. The van der Waals surface area contributed by atoms with Gasteiger partial charge in [0.15, 0.2) is 11.5 Å². The molecule has 8 nitrogen and oxygen atoms in total. The number of ether oxygens (including phenoxy) is 3.